The van der Waals surface area contributed by atoms with E-state index in [-0.39, 0.29) is 28.7 Å². The molecule has 2 aliphatic carbocycles. The number of fused-ring (bicyclic) bond motifs is 2. The first-order valence-electron chi connectivity index (χ1n) is 13.7. The van der Waals surface area contributed by atoms with Gasteiger partial charge >= 0.3 is 0 Å². The van der Waals surface area contributed by atoms with Gasteiger partial charge in [0, 0.05) is 54.5 Å². The second-order valence-electron chi connectivity index (χ2n) is 12.1. The summed E-state index contributed by atoms with van der Waals surface area (Å²) in [5.41, 5.74) is 4.62. The number of anilines is 4. The molecule has 3 aliphatic rings. The molecule has 0 radical (unpaired) electrons. The van der Waals surface area contributed by atoms with E-state index in [9.17, 15) is 9.59 Å². The second-order valence-corrected chi connectivity index (χ2v) is 12.1. The number of carbonyl (C=O) groups is 2. The number of carbonyl (C=O) groups excluding carboxylic acids is 2. The van der Waals surface area contributed by atoms with Gasteiger partial charge in [0.15, 0.2) is 0 Å². The van der Waals surface area contributed by atoms with Crippen LogP contribution in [0.15, 0.2) is 42.6 Å². The van der Waals surface area contributed by atoms with E-state index >= 15 is 0 Å². The van der Waals surface area contributed by atoms with Crippen LogP contribution in [0.3, 0.4) is 0 Å². The number of hydrogen-bond donors (Lipinski definition) is 3. The minimum atomic E-state index is -0.202. The number of rotatable bonds is 6. The Morgan fingerprint density at radius 2 is 1.85 bits per heavy atom. The van der Waals surface area contributed by atoms with Crippen molar-refractivity contribution in [2.24, 2.45) is 0 Å². The van der Waals surface area contributed by atoms with E-state index < -0.39 is 0 Å². The van der Waals surface area contributed by atoms with Crippen molar-refractivity contribution in [2.75, 3.05) is 17.2 Å². The molecule has 0 bridgehead atoms. The molecule has 2 aromatic heterocycles. The van der Waals surface area contributed by atoms with E-state index in [2.05, 4.69) is 53.8 Å². The van der Waals surface area contributed by atoms with Gasteiger partial charge in [-0.3, -0.25) is 9.59 Å². The topological polar surface area (TPSA) is 112 Å². The lowest BCUT2D eigenvalue weighted by Crippen LogP contribution is -2.40. The molecule has 9 nitrogen and oxygen atoms in total. The van der Waals surface area contributed by atoms with Gasteiger partial charge in [-0.05, 0) is 61.1 Å². The molecule has 0 unspecified atom stereocenters. The summed E-state index contributed by atoms with van der Waals surface area (Å²) in [6.07, 6.45) is 5.76. The summed E-state index contributed by atoms with van der Waals surface area (Å²) in [6.45, 7) is 9.37. The third-order valence-corrected chi connectivity index (χ3v) is 7.80. The van der Waals surface area contributed by atoms with E-state index in [1.54, 1.807) is 13.1 Å². The van der Waals surface area contributed by atoms with Gasteiger partial charge in [0.2, 0.25) is 11.9 Å². The maximum absolute atomic E-state index is 13.0. The first-order chi connectivity index (χ1) is 18.6. The zero-order chi connectivity index (χ0) is 27.4. The maximum Gasteiger partial charge on any atom is 0.256 e. The maximum atomic E-state index is 13.0. The van der Waals surface area contributed by atoms with Crippen molar-refractivity contribution in [2.45, 2.75) is 76.8 Å². The molecule has 3 heterocycles. The quantitative estimate of drug-likeness (QED) is 0.418. The summed E-state index contributed by atoms with van der Waals surface area (Å²) < 4.78 is 0. The highest BCUT2D eigenvalue weighted by molar-refractivity contribution is 5.99. The van der Waals surface area contributed by atoms with Crippen LogP contribution in [0.25, 0.3) is 0 Å². The molecule has 2 fully saturated rings. The summed E-state index contributed by atoms with van der Waals surface area (Å²) in [6, 6.07) is 12.3. The van der Waals surface area contributed by atoms with Crippen LogP contribution in [-0.2, 0) is 22.2 Å². The van der Waals surface area contributed by atoms with E-state index in [0.717, 1.165) is 49.2 Å². The molecule has 1 aromatic carbocycles. The first-order valence-corrected chi connectivity index (χ1v) is 13.7. The number of nitrogens with one attached hydrogen (secondary N) is 3. The zero-order valence-electron chi connectivity index (χ0n) is 23.0. The van der Waals surface area contributed by atoms with E-state index in [4.69, 9.17) is 9.97 Å². The molecule has 6 rings (SSSR count). The number of aromatic nitrogens is 3. The predicted molar refractivity (Wildman–Crippen MR) is 150 cm³/mol. The van der Waals surface area contributed by atoms with Gasteiger partial charge in [-0.2, -0.15) is 4.98 Å². The monoisotopic (exact) mass is 525 g/mol. The third-order valence-electron chi connectivity index (χ3n) is 7.80. The second kappa shape index (κ2) is 9.32. The van der Waals surface area contributed by atoms with Crippen molar-refractivity contribution in [3.63, 3.8) is 0 Å². The molecule has 9 heteroatoms. The lowest BCUT2D eigenvalue weighted by molar-refractivity contribution is -0.130. The highest BCUT2D eigenvalue weighted by Crippen LogP contribution is 2.52. The average molecular weight is 526 g/mol. The lowest BCUT2D eigenvalue weighted by Gasteiger charge is -2.34. The molecule has 202 valence electrons. The molecule has 2 amide bonds. The van der Waals surface area contributed by atoms with Crippen molar-refractivity contribution in [3.05, 3.63) is 65.0 Å². The fourth-order valence-corrected chi connectivity index (χ4v) is 5.20. The van der Waals surface area contributed by atoms with E-state index in [1.165, 1.54) is 5.56 Å². The van der Waals surface area contributed by atoms with Crippen molar-refractivity contribution in [1.82, 2.24) is 25.2 Å². The van der Waals surface area contributed by atoms with E-state index in [1.807, 2.05) is 29.2 Å². The van der Waals surface area contributed by atoms with Crippen molar-refractivity contribution < 1.29 is 9.59 Å². The van der Waals surface area contributed by atoms with Crippen LogP contribution in [-0.4, -0.2) is 44.3 Å². The standard InChI is InChI=1S/C30H35N7O2/c1-18(38)37-16-19-14-21(10-11-23(19)30(17-37)12-13-30)33-28-31-15-22(27(39)32-20-8-9-20)26(36-28)35-25-7-5-6-24(34-25)29(2,3)4/h5-7,10-11,14-15,20H,8-9,12-13,16-17H2,1-4H3,(H,32,39)(H2,31,33,34,35,36). The van der Waals surface area contributed by atoms with Gasteiger partial charge < -0.3 is 20.9 Å². The molecule has 39 heavy (non-hydrogen) atoms. The molecule has 0 saturated heterocycles. The van der Waals surface area contributed by atoms with Gasteiger partial charge in [0.05, 0.1) is 0 Å². The van der Waals surface area contributed by atoms with Gasteiger partial charge in [-0.1, -0.05) is 32.9 Å². The van der Waals surface area contributed by atoms with Crippen molar-refractivity contribution in [3.8, 4) is 0 Å². The zero-order valence-corrected chi connectivity index (χ0v) is 23.0. The largest absolute Gasteiger partial charge is 0.349 e. The normalized spacial score (nSPS) is 17.4. The molecule has 2 saturated carbocycles. The van der Waals surface area contributed by atoms with Crippen LogP contribution < -0.4 is 16.0 Å². The number of nitrogens with zero attached hydrogens (tertiary/aromatic N) is 4. The Labute approximate surface area is 228 Å². The molecular weight excluding hydrogens is 490 g/mol. The Hall–Kier alpha value is -4.01. The molecule has 1 spiro atoms. The van der Waals surface area contributed by atoms with Crippen molar-refractivity contribution >= 4 is 35.1 Å². The Morgan fingerprint density at radius 1 is 1.05 bits per heavy atom. The SMILES string of the molecule is CC(=O)N1Cc2cc(Nc3ncc(C(=O)NC4CC4)c(Nc4cccc(C(C)(C)C)n4)n3)ccc2C2(CC2)C1. The number of hydrogen-bond acceptors (Lipinski definition) is 7. The summed E-state index contributed by atoms with van der Waals surface area (Å²) >= 11 is 0. The summed E-state index contributed by atoms with van der Waals surface area (Å²) in [5.74, 6) is 1.27. The fraction of sp³-hybridized carbons (Fsp3) is 0.433. The summed E-state index contributed by atoms with van der Waals surface area (Å²) in [4.78, 5) is 41.0. The highest BCUT2D eigenvalue weighted by atomic mass is 16.2. The van der Waals surface area contributed by atoms with Crippen LogP contribution >= 0.6 is 0 Å². The molecule has 3 N–H and O–H groups in total. The third kappa shape index (κ3) is 5.30. The average Bonchev–Trinajstić information content (AvgIpc) is 3.82. The molecule has 3 aromatic rings. The number of amides is 2. The molecule has 1 aliphatic heterocycles. The summed E-state index contributed by atoms with van der Waals surface area (Å²) in [7, 11) is 0. The van der Waals surface area contributed by atoms with Crippen LogP contribution in [0.2, 0.25) is 0 Å². The van der Waals surface area contributed by atoms with Crippen LogP contribution in [0.1, 0.15) is 80.6 Å². The minimum absolute atomic E-state index is 0.105. The summed E-state index contributed by atoms with van der Waals surface area (Å²) in [5, 5.41) is 9.61. The van der Waals surface area contributed by atoms with Crippen LogP contribution in [0.4, 0.5) is 23.3 Å². The minimum Gasteiger partial charge on any atom is -0.349 e. The first kappa shape index (κ1) is 25.3. The molecule has 0 atom stereocenters. The Balaban J connectivity index is 1.29. The Morgan fingerprint density at radius 3 is 2.54 bits per heavy atom. The van der Waals surface area contributed by atoms with Crippen molar-refractivity contribution in [1.29, 1.82) is 0 Å². The number of benzene rings is 1. The van der Waals surface area contributed by atoms with Gasteiger partial charge in [0.1, 0.15) is 17.2 Å². The van der Waals surface area contributed by atoms with Gasteiger partial charge in [-0.15, -0.1) is 0 Å². The Bertz CT molecular complexity index is 1450. The Kier molecular flexibility index (Phi) is 6.04. The van der Waals surface area contributed by atoms with Gasteiger partial charge in [-0.25, -0.2) is 9.97 Å². The lowest BCUT2D eigenvalue weighted by atomic mass is 9.86. The predicted octanol–water partition coefficient (Wildman–Crippen LogP) is 4.94. The van der Waals surface area contributed by atoms with Crippen LogP contribution in [0, 0.1) is 0 Å². The van der Waals surface area contributed by atoms with Gasteiger partial charge in [0.25, 0.3) is 5.91 Å². The van der Waals surface area contributed by atoms with Crippen LogP contribution in [0.5, 0.6) is 0 Å². The fourth-order valence-electron chi connectivity index (χ4n) is 5.20. The molecular formula is C30H35N7O2. The smallest absolute Gasteiger partial charge is 0.256 e. The van der Waals surface area contributed by atoms with E-state index in [0.29, 0.717) is 29.7 Å². The highest BCUT2D eigenvalue weighted by Gasteiger charge is 2.49. The number of pyridine rings is 1.